The largest absolute Gasteiger partial charge is 0.377 e. The van der Waals surface area contributed by atoms with Gasteiger partial charge in [0.2, 0.25) is 0 Å². The van der Waals surface area contributed by atoms with Gasteiger partial charge in [-0.3, -0.25) is 4.79 Å². The predicted molar refractivity (Wildman–Crippen MR) is 78.4 cm³/mol. The number of hydrogen-bond acceptors (Lipinski definition) is 2. The van der Waals surface area contributed by atoms with Crippen LogP contribution in [0.25, 0.3) is 0 Å². The van der Waals surface area contributed by atoms with Crippen LogP contribution in [-0.2, 0) is 11.3 Å². The topological polar surface area (TPSA) is 34.5 Å². The van der Waals surface area contributed by atoms with Crippen molar-refractivity contribution in [3.8, 4) is 0 Å². The first-order valence-electron chi connectivity index (χ1n) is 6.91. The third-order valence-corrected chi connectivity index (χ3v) is 3.94. The van der Waals surface area contributed by atoms with Crippen molar-refractivity contribution in [2.75, 3.05) is 19.8 Å². The number of aromatic nitrogens is 1. The Morgan fingerprint density at radius 1 is 1.53 bits per heavy atom. The molecule has 0 saturated carbocycles. The van der Waals surface area contributed by atoms with Crippen molar-refractivity contribution in [3.05, 3.63) is 22.4 Å². The van der Waals surface area contributed by atoms with Crippen molar-refractivity contribution in [2.45, 2.75) is 39.3 Å². The normalized spacial score (nSPS) is 19.7. The van der Waals surface area contributed by atoms with E-state index in [0.717, 1.165) is 29.6 Å². The van der Waals surface area contributed by atoms with Gasteiger partial charge in [0, 0.05) is 23.8 Å². The lowest BCUT2D eigenvalue weighted by molar-refractivity contribution is -0.00335. The molecule has 0 aromatic carbocycles. The highest BCUT2D eigenvalue weighted by Gasteiger charge is 2.28. The van der Waals surface area contributed by atoms with Gasteiger partial charge in [-0.25, -0.2) is 0 Å². The Kier molecular flexibility index (Phi) is 5.05. The summed E-state index contributed by atoms with van der Waals surface area (Å²) in [6.07, 6.45) is 3.93. The molecule has 1 aromatic rings. The van der Waals surface area contributed by atoms with Crippen molar-refractivity contribution >= 4 is 21.8 Å². The van der Waals surface area contributed by atoms with Gasteiger partial charge in [0.05, 0.1) is 19.3 Å². The molecule has 1 atom stereocenters. The van der Waals surface area contributed by atoms with Crippen LogP contribution in [0, 0.1) is 0 Å². The highest BCUT2D eigenvalue weighted by atomic mass is 79.9. The van der Waals surface area contributed by atoms with Crippen LogP contribution in [0.1, 0.15) is 37.2 Å². The molecule has 1 aliphatic heterocycles. The Morgan fingerprint density at radius 2 is 2.32 bits per heavy atom. The molecule has 1 amide bonds. The average Bonchev–Trinajstić information content (AvgIpc) is 2.79. The average molecular weight is 329 g/mol. The minimum atomic E-state index is 0.120. The molecule has 106 valence electrons. The molecular formula is C14H21BrN2O2. The molecule has 1 unspecified atom stereocenters. The first-order valence-corrected chi connectivity index (χ1v) is 7.71. The Bertz CT molecular complexity index is 445. The number of hydrogen-bond donors (Lipinski definition) is 0. The Balaban J connectivity index is 2.22. The molecule has 0 spiro atoms. The molecule has 0 radical (unpaired) electrons. The molecule has 19 heavy (non-hydrogen) atoms. The van der Waals surface area contributed by atoms with E-state index < -0.39 is 0 Å². The number of carbonyl (C=O) groups excluding carboxylic acids is 1. The van der Waals surface area contributed by atoms with Crippen LogP contribution in [0.4, 0.5) is 0 Å². The lowest BCUT2D eigenvalue weighted by Gasteiger charge is -2.35. The van der Waals surface area contributed by atoms with E-state index in [9.17, 15) is 4.79 Å². The second kappa shape index (κ2) is 6.57. The summed E-state index contributed by atoms with van der Waals surface area (Å²) in [5.74, 6) is 0.120. The molecular weight excluding hydrogens is 308 g/mol. The van der Waals surface area contributed by atoms with Crippen molar-refractivity contribution in [2.24, 2.45) is 0 Å². The molecule has 1 fully saturated rings. The maximum absolute atomic E-state index is 12.7. The van der Waals surface area contributed by atoms with E-state index in [-0.39, 0.29) is 11.9 Å². The van der Waals surface area contributed by atoms with Crippen LogP contribution in [0.15, 0.2) is 16.7 Å². The van der Waals surface area contributed by atoms with Crippen molar-refractivity contribution < 1.29 is 9.53 Å². The first kappa shape index (κ1) is 14.6. The monoisotopic (exact) mass is 328 g/mol. The fraction of sp³-hybridized carbons (Fsp3) is 0.643. The van der Waals surface area contributed by atoms with Crippen molar-refractivity contribution in [1.29, 1.82) is 0 Å². The third kappa shape index (κ3) is 3.20. The zero-order chi connectivity index (χ0) is 13.8. The molecule has 5 heteroatoms. The quantitative estimate of drug-likeness (QED) is 0.851. The highest BCUT2D eigenvalue weighted by Crippen LogP contribution is 2.20. The lowest BCUT2D eigenvalue weighted by Crippen LogP contribution is -2.48. The fourth-order valence-corrected chi connectivity index (χ4v) is 2.95. The van der Waals surface area contributed by atoms with E-state index in [1.54, 1.807) is 0 Å². The summed E-state index contributed by atoms with van der Waals surface area (Å²) in [5, 5.41) is 0. The summed E-state index contributed by atoms with van der Waals surface area (Å²) in [6, 6.07) is 2.12. The van der Waals surface area contributed by atoms with Crippen LogP contribution >= 0.6 is 15.9 Å². The Labute approximate surface area is 122 Å². The lowest BCUT2D eigenvalue weighted by atomic mass is 10.1. The number of morpholine rings is 1. The number of ether oxygens (including phenoxy) is 1. The van der Waals surface area contributed by atoms with Gasteiger partial charge in [0.15, 0.2) is 0 Å². The van der Waals surface area contributed by atoms with E-state index in [1.165, 1.54) is 0 Å². The summed E-state index contributed by atoms with van der Waals surface area (Å²) >= 11 is 3.46. The minimum Gasteiger partial charge on any atom is -0.377 e. The van der Waals surface area contributed by atoms with Gasteiger partial charge < -0.3 is 14.2 Å². The molecule has 4 nitrogen and oxygen atoms in total. The summed E-state index contributed by atoms with van der Waals surface area (Å²) < 4.78 is 8.46. The molecule has 1 saturated heterocycles. The molecule has 0 N–H and O–H groups in total. The second-order valence-electron chi connectivity index (χ2n) is 4.87. The summed E-state index contributed by atoms with van der Waals surface area (Å²) in [4.78, 5) is 14.7. The number of rotatable bonds is 4. The maximum Gasteiger partial charge on any atom is 0.270 e. The fourth-order valence-electron chi connectivity index (χ4n) is 2.49. The summed E-state index contributed by atoms with van der Waals surface area (Å²) in [5.41, 5.74) is 0.772. The van der Waals surface area contributed by atoms with Gasteiger partial charge >= 0.3 is 0 Å². The number of carbonyl (C=O) groups is 1. The van der Waals surface area contributed by atoms with E-state index in [2.05, 4.69) is 29.8 Å². The Morgan fingerprint density at radius 3 is 3.00 bits per heavy atom. The molecule has 1 aliphatic rings. The highest BCUT2D eigenvalue weighted by molar-refractivity contribution is 9.10. The number of halogens is 1. The smallest absolute Gasteiger partial charge is 0.270 e. The van der Waals surface area contributed by atoms with Gasteiger partial charge in [-0.1, -0.05) is 13.8 Å². The summed E-state index contributed by atoms with van der Waals surface area (Å²) in [7, 11) is 0. The molecule has 0 aliphatic carbocycles. The summed E-state index contributed by atoms with van der Waals surface area (Å²) in [6.45, 7) is 7.06. The van der Waals surface area contributed by atoms with E-state index in [1.807, 2.05) is 21.7 Å². The van der Waals surface area contributed by atoms with Crippen LogP contribution in [0.5, 0.6) is 0 Å². The van der Waals surface area contributed by atoms with E-state index in [0.29, 0.717) is 19.8 Å². The van der Waals surface area contributed by atoms with Gasteiger partial charge in [-0.2, -0.15) is 0 Å². The molecule has 2 heterocycles. The number of nitrogens with zero attached hydrogens (tertiary/aromatic N) is 2. The molecule has 1 aromatic heterocycles. The van der Waals surface area contributed by atoms with Crippen LogP contribution in [-0.4, -0.2) is 41.2 Å². The first-order chi connectivity index (χ1) is 9.17. The van der Waals surface area contributed by atoms with Crippen LogP contribution in [0.3, 0.4) is 0 Å². The number of amides is 1. The van der Waals surface area contributed by atoms with E-state index in [4.69, 9.17) is 4.74 Å². The van der Waals surface area contributed by atoms with Crippen LogP contribution < -0.4 is 0 Å². The molecule has 2 rings (SSSR count). The maximum atomic E-state index is 12.7. The second-order valence-corrected chi connectivity index (χ2v) is 5.79. The van der Waals surface area contributed by atoms with Crippen molar-refractivity contribution in [3.63, 3.8) is 0 Å². The predicted octanol–water partition coefficient (Wildman–Crippen LogP) is 2.91. The molecule has 0 bridgehead atoms. The zero-order valence-corrected chi connectivity index (χ0v) is 13.1. The van der Waals surface area contributed by atoms with Gasteiger partial charge in [0.25, 0.3) is 5.91 Å². The van der Waals surface area contributed by atoms with Gasteiger partial charge in [0.1, 0.15) is 5.69 Å². The minimum absolute atomic E-state index is 0.120. The van der Waals surface area contributed by atoms with Crippen LogP contribution in [0.2, 0.25) is 0 Å². The van der Waals surface area contributed by atoms with Gasteiger partial charge in [-0.15, -0.1) is 0 Å². The standard InChI is InChI=1S/C14H21BrN2O2/c1-3-5-16-9-11(15)8-13(16)14(18)17-6-7-19-10-12(17)4-2/h8-9,12H,3-7,10H2,1-2H3. The van der Waals surface area contributed by atoms with Crippen molar-refractivity contribution in [1.82, 2.24) is 9.47 Å². The van der Waals surface area contributed by atoms with Gasteiger partial charge in [-0.05, 0) is 34.8 Å². The number of aryl methyl sites for hydroxylation is 1. The third-order valence-electron chi connectivity index (χ3n) is 3.51. The SMILES string of the molecule is CCCn1cc(Br)cc1C(=O)N1CCOCC1CC. The zero-order valence-electron chi connectivity index (χ0n) is 11.6. The van der Waals surface area contributed by atoms with E-state index >= 15 is 0 Å². The Hall–Kier alpha value is -0.810.